The van der Waals surface area contributed by atoms with E-state index in [1.807, 2.05) is 18.2 Å². The van der Waals surface area contributed by atoms with E-state index in [1.165, 1.54) is 31.2 Å². The molecule has 1 aromatic carbocycles. The van der Waals surface area contributed by atoms with Gasteiger partial charge in [-0.05, 0) is 42.0 Å². The lowest BCUT2D eigenvalue weighted by Crippen LogP contribution is -2.29. The highest BCUT2D eigenvalue weighted by molar-refractivity contribution is 9.10. The minimum absolute atomic E-state index is 0.505. The molecule has 94 valence electrons. The van der Waals surface area contributed by atoms with Crippen LogP contribution < -0.4 is 5.32 Å². The number of hydrogen-bond acceptors (Lipinski definition) is 1. The van der Waals surface area contributed by atoms with Crippen LogP contribution in [0.1, 0.15) is 38.2 Å². The Kier molecular flexibility index (Phi) is 4.51. The summed E-state index contributed by atoms with van der Waals surface area (Å²) in [6, 6.07) is 5.94. The molecule has 0 heterocycles. The van der Waals surface area contributed by atoms with Crippen molar-refractivity contribution in [3.8, 4) is 0 Å². The van der Waals surface area contributed by atoms with Crippen molar-refractivity contribution in [1.82, 2.24) is 5.32 Å². The van der Waals surface area contributed by atoms with Crippen LogP contribution in [0.15, 0.2) is 22.7 Å². The Balaban J connectivity index is 1.87. The molecule has 0 bridgehead atoms. The maximum absolute atomic E-state index is 6.00. The molecular weight excluding hydrogens is 298 g/mol. The molecule has 17 heavy (non-hydrogen) atoms. The van der Waals surface area contributed by atoms with E-state index in [-0.39, 0.29) is 0 Å². The van der Waals surface area contributed by atoms with Crippen LogP contribution in [0, 0.1) is 5.41 Å². The zero-order valence-corrected chi connectivity index (χ0v) is 12.6. The summed E-state index contributed by atoms with van der Waals surface area (Å²) in [6.45, 7) is 4.38. The summed E-state index contributed by atoms with van der Waals surface area (Å²) in [7, 11) is 0. The predicted octanol–water partition coefficient (Wildman–Crippen LogP) is 4.77. The maximum atomic E-state index is 6.00. The Morgan fingerprint density at radius 3 is 2.76 bits per heavy atom. The maximum Gasteiger partial charge on any atom is 0.0410 e. The van der Waals surface area contributed by atoms with Gasteiger partial charge in [0.2, 0.25) is 0 Å². The van der Waals surface area contributed by atoms with E-state index in [0.717, 1.165) is 22.6 Å². The highest BCUT2D eigenvalue weighted by atomic mass is 79.9. The number of halogens is 2. The zero-order valence-electron chi connectivity index (χ0n) is 10.2. The van der Waals surface area contributed by atoms with Gasteiger partial charge in [-0.15, -0.1) is 0 Å². The molecular formula is C14H19BrClN. The quantitative estimate of drug-likeness (QED) is 0.843. The summed E-state index contributed by atoms with van der Waals surface area (Å²) in [4.78, 5) is 0. The molecule has 1 N–H and O–H groups in total. The number of nitrogens with one attached hydrogen (secondary N) is 1. The lowest BCUT2D eigenvalue weighted by Gasteiger charge is -2.24. The minimum Gasteiger partial charge on any atom is -0.312 e. The summed E-state index contributed by atoms with van der Waals surface area (Å²) in [5.74, 6) is 0. The summed E-state index contributed by atoms with van der Waals surface area (Å²) >= 11 is 9.56. The monoisotopic (exact) mass is 315 g/mol. The van der Waals surface area contributed by atoms with Gasteiger partial charge in [-0.25, -0.2) is 0 Å². The van der Waals surface area contributed by atoms with Crippen molar-refractivity contribution >= 4 is 27.5 Å². The molecule has 0 atom stereocenters. The Labute approximate surface area is 117 Å². The Morgan fingerprint density at radius 1 is 1.35 bits per heavy atom. The predicted molar refractivity (Wildman–Crippen MR) is 77.4 cm³/mol. The second-order valence-electron chi connectivity index (χ2n) is 5.36. The topological polar surface area (TPSA) is 12.0 Å². The first kappa shape index (κ1) is 13.4. The molecule has 3 heteroatoms. The molecule has 1 fully saturated rings. The van der Waals surface area contributed by atoms with E-state index in [4.69, 9.17) is 11.6 Å². The largest absolute Gasteiger partial charge is 0.312 e. The summed E-state index contributed by atoms with van der Waals surface area (Å²) in [5, 5.41) is 4.37. The van der Waals surface area contributed by atoms with Crippen LogP contribution >= 0.6 is 27.5 Å². The lowest BCUT2D eigenvalue weighted by atomic mass is 9.89. The Morgan fingerprint density at radius 2 is 2.06 bits per heavy atom. The van der Waals surface area contributed by atoms with Gasteiger partial charge in [-0.2, -0.15) is 0 Å². The van der Waals surface area contributed by atoms with Crippen molar-refractivity contribution in [3.63, 3.8) is 0 Å². The van der Waals surface area contributed by atoms with Crippen molar-refractivity contribution in [3.05, 3.63) is 33.3 Å². The van der Waals surface area contributed by atoms with Gasteiger partial charge in [0, 0.05) is 22.6 Å². The third-order valence-electron chi connectivity index (χ3n) is 3.69. The average Bonchev–Trinajstić information content (AvgIpc) is 2.71. The molecule has 0 aromatic heterocycles. The highest BCUT2D eigenvalue weighted by Gasteiger charge is 2.27. The zero-order chi connectivity index (χ0) is 12.3. The molecule has 1 aliphatic carbocycles. The van der Waals surface area contributed by atoms with Gasteiger partial charge in [0.15, 0.2) is 0 Å². The van der Waals surface area contributed by atoms with E-state index >= 15 is 0 Å². The Bertz CT molecular complexity index is 386. The first-order valence-corrected chi connectivity index (χ1v) is 7.41. The first-order valence-electron chi connectivity index (χ1n) is 6.24. The normalized spacial score (nSPS) is 18.5. The van der Waals surface area contributed by atoms with Crippen molar-refractivity contribution in [2.75, 3.05) is 6.54 Å². The third kappa shape index (κ3) is 3.70. The Hall–Kier alpha value is -0.0500. The van der Waals surface area contributed by atoms with Gasteiger partial charge in [0.1, 0.15) is 0 Å². The first-order chi connectivity index (χ1) is 8.09. The van der Waals surface area contributed by atoms with Crippen LogP contribution in [0.5, 0.6) is 0 Å². The molecule has 0 aliphatic heterocycles. The molecule has 0 saturated heterocycles. The van der Waals surface area contributed by atoms with E-state index < -0.39 is 0 Å². The average molecular weight is 317 g/mol. The number of benzene rings is 1. The van der Waals surface area contributed by atoms with Gasteiger partial charge in [0.05, 0.1) is 0 Å². The van der Waals surface area contributed by atoms with Gasteiger partial charge < -0.3 is 5.32 Å². The molecule has 1 aliphatic rings. The van der Waals surface area contributed by atoms with Crippen molar-refractivity contribution in [1.29, 1.82) is 0 Å². The van der Waals surface area contributed by atoms with Gasteiger partial charge in [-0.1, -0.05) is 47.3 Å². The van der Waals surface area contributed by atoms with E-state index in [9.17, 15) is 0 Å². The summed E-state index contributed by atoms with van der Waals surface area (Å²) in [6.07, 6.45) is 5.49. The van der Waals surface area contributed by atoms with Crippen LogP contribution in [0.2, 0.25) is 5.02 Å². The van der Waals surface area contributed by atoms with Crippen molar-refractivity contribution in [2.24, 2.45) is 5.41 Å². The lowest BCUT2D eigenvalue weighted by molar-refractivity contribution is 0.314. The van der Waals surface area contributed by atoms with Crippen molar-refractivity contribution < 1.29 is 0 Å². The molecule has 0 amide bonds. The van der Waals surface area contributed by atoms with Crippen LogP contribution in [0.4, 0.5) is 0 Å². The molecule has 0 spiro atoms. The fourth-order valence-corrected chi connectivity index (χ4v) is 3.16. The van der Waals surface area contributed by atoms with E-state index in [2.05, 4.69) is 28.2 Å². The fraction of sp³-hybridized carbons (Fsp3) is 0.571. The SMILES string of the molecule is CC1(CNCc2cc(Cl)ccc2Br)CCCC1. The molecule has 0 unspecified atom stereocenters. The highest BCUT2D eigenvalue weighted by Crippen LogP contribution is 2.36. The van der Waals surface area contributed by atoms with Crippen LogP contribution in [-0.2, 0) is 6.54 Å². The van der Waals surface area contributed by atoms with Gasteiger partial charge >= 0.3 is 0 Å². The molecule has 0 radical (unpaired) electrons. The molecule has 1 saturated carbocycles. The summed E-state index contributed by atoms with van der Waals surface area (Å²) in [5.41, 5.74) is 1.74. The third-order valence-corrected chi connectivity index (χ3v) is 4.69. The van der Waals surface area contributed by atoms with Crippen LogP contribution in [0.3, 0.4) is 0 Å². The van der Waals surface area contributed by atoms with Gasteiger partial charge in [-0.3, -0.25) is 0 Å². The molecule has 1 aromatic rings. The van der Waals surface area contributed by atoms with Crippen LogP contribution in [-0.4, -0.2) is 6.54 Å². The molecule has 1 nitrogen and oxygen atoms in total. The number of rotatable bonds is 4. The van der Waals surface area contributed by atoms with Crippen LogP contribution in [0.25, 0.3) is 0 Å². The summed E-state index contributed by atoms with van der Waals surface area (Å²) < 4.78 is 1.13. The van der Waals surface area contributed by atoms with Gasteiger partial charge in [0.25, 0.3) is 0 Å². The smallest absolute Gasteiger partial charge is 0.0410 e. The van der Waals surface area contributed by atoms with E-state index in [1.54, 1.807) is 0 Å². The standard InChI is InChI=1S/C14H19BrClN/c1-14(6-2-3-7-14)10-17-9-11-8-12(16)4-5-13(11)15/h4-5,8,17H,2-3,6-7,9-10H2,1H3. The van der Waals surface area contributed by atoms with E-state index in [0.29, 0.717) is 5.41 Å². The number of hydrogen-bond donors (Lipinski definition) is 1. The second-order valence-corrected chi connectivity index (χ2v) is 6.65. The molecule has 2 rings (SSSR count). The second kappa shape index (κ2) is 5.73. The fourth-order valence-electron chi connectivity index (χ4n) is 2.58. The minimum atomic E-state index is 0.505. The van der Waals surface area contributed by atoms with Crippen molar-refractivity contribution in [2.45, 2.75) is 39.2 Å².